The Balaban J connectivity index is 2.21. The van der Waals surface area contributed by atoms with Crippen molar-refractivity contribution in [2.24, 2.45) is 0 Å². The number of benzene rings is 1. The normalized spacial score (nSPS) is 13.2. The molecule has 0 saturated heterocycles. The highest BCUT2D eigenvalue weighted by Crippen LogP contribution is 2.35. The van der Waals surface area contributed by atoms with Gasteiger partial charge in [0.15, 0.2) is 0 Å². The van der Waals surface area contributed by atoms with Gasteiger partial charge in [0.1, 0.15) is 5.01 Å². The third-order valence-corrected chi connectivity index (χ3v) is 4.33. The molecule has 0 aliphatic rings. The summed E-state index contributed by atoms with van der Waals surface area (Å²) in [4.78, 5) is 4.23. The van der Waals surface area contributed by atoms with Crippen molar-refractivity contribution in [3.05, 3.63) is 44.8 Å². The molecule has 0 bridgehead atoms. The molecule has 2 rings (SSSR count). The van der Waals surface area contributed by atoms with Crippen molar-refractivity contribution >= 4 is 33.0 Å². The first kappa shape index (κ1) is 15.3. The fourth-order valence-corrected chi connectivity index (χ4v) is 3.01. The number of nitrogens with one attached hydrogen (secondary N) is 1. The molecule has 0 aliphatic carbocycles. The van der Waals surface area contributed by atoms with E-state index in [1.54, 1.807) is 6.20 Å². The molecule has 1 atom stereocenters. The monoisotopic (exact) mass is 364 g/mol. The molecule has 20 heavy (non-hydrogen) atoms. The number of nitrogens with zero attached hydrogens (tertiary/aromatic N) is 1. The lowest BCUT2D eigenvalue weighted by Gasteiger charge is -2.18. The molecule has 2 nitrogen and oxygen atoms in total. The van der Waals surface area contributed by atoms with Crippen molar-refractivity contribution in [1.29, 1.82) is 0 Å². The Kier molecular flexibility index (Phi) is 4.70. The molecule has 1 aromatic heterocycles. The van der Waals surface area contributed by atoms with Crippen LogP contribution in [0.5, 0.6) is 0 Å². The van der Waals surface area contributed by atoms with Crippen LogP contribution in [-0.2, 0) is 6.18 Å². The molecule has 0 spiro atoms. The summed E-state index contributed by atoms with van der Waals surface area (Å²) in [5.41, 5.74) is -0.0442. The van der Waals surface area contributed by atoms with E-state index in [4.69, 9.17) is 0 Å². The largest absolute Gasteiger partial charge is 0.416 e. The summed E-state index contributed by atoms with van der Waals surface area (Å²) in [5.74, 6) is 0. The summed E-state index contributed by atoms with van der Waals surface area (Å²) in [6.07, 6.45) is -1.83. The van der Waals surface area contributed by atoms with E-state index in [1.165, 1.54) is 17.4 Å². The summed E-state index contributed by atoms with van der Waals surface area (Å²) < 4.78 is 38.2. The van der Waals surface area contributed by atoms with Crippen LogP contribution in [0.3, 0.4) is 0 Å². The van der Waals surface area contributed by atoms with Crippen molar-refractivity contribution in [1.82, 2.24) is 4.98 Å². The maximum Gasteiger partial charge on any atom is 0.416 e. The molecular weight excluding hydrogens is 353 g/mol. The minimum Gasteiger partial charge on any atom is -0.375 e. The van der Waals surface area contributed by atoms with Crippen molar-refractivity contribution in [2.75, 3.05) is 5.32 Å². The summed E-state index contributed by atoms with van der Waals surface area (Å²) in [7, 11) is 0. The molecule has 1 N–H and O–H groups in total. The van der Waals surface area contributed by atoms with Crippen molar-refractivity contribution in [3.8, 4) is 0 Å². The van der Waals surface area contributed by atoms with Gasteiger partial charge in [0.05, 0.1) is 11.6 Å². The minimum atomic E-state index is -4.33. The van der Waals surface area contributed by atoms with Gasteiger partial charge in [0.2, 0.25) is 0 Å². The highest BCUT2D eigenvalue weighted by atomic mass is 79.9. The van der Waals surface area contributed by atoms with Crippen LogP contribution in [0.4, 0.5) is 18.9 Å². The van der Waals surface area contributed by atoms with E-state index >= 15 is 0 Å². The molecule has 0 fully saturated rings. The average Bonchev–Trinajstić information content (AvgIpc) is 2.90. The van der Waals surface area contributed by atoms with E-state index in [-0.39, 0.29) is 6.04 Å². The standard InChI is InChI=1S/C13H12BrF3N2S/c1-2-10(12-18-5-6-20-12)19-11-4-3-8(7-9(11)14)13(15,16)17/h3-7,10,19H,2H2,1H3. The van der Waals surface area contributed by atoms with Gasteiger partial charge in [-0.25, -0.2) is 4.98 Å². The van der Waals surface area contributed by atoms with Gasteiger partial charge in [-0.1, -0.05) is 6.92 Å². The van der Waals surface area contributed by atoms with Crippen LogP contribution < -0.4 is 5.32 Å². The van der Waals surface area contributed by atoms with Crippen LogP contribution in [0.25, 0.3) is 0 Å². The quantitative estimate of drug-likeness (QED) is 0.775. The topological polar surface area (TPSA) is 24.9 Å². The van der Waals surface area contributed by atoms with Crippen LogP contribution >= 0.6 is 27.3 Å². The first-order valence-corrected chi connectivity index (χ1v) is 7.61. The number of hydrogen-bond acceptors (Lipinski definition) is 3. The lowest BCUT2D eigenvalue weighted by molar-refractivity contribution is -0.137. The smallest absolute Gasteiger partial charge is 0.375 e. The zero-order valence-corrected chi connectivity index (χ0v) is 12.9. The minimum absolute atomic E-state index is 0.0111. The first-order valence-electron chi connectivity index (χ1n) is 5.94. The zero-order valence-electron chi connectivity index (χ0n) is 10.5. The predicted octanol–water partition coefficient (Wildman–Crippen LogP) is 5.49. The summed E-state index contributed by atoms with van der Waals surface area (Å²) in [6, 6.07) is 3.57. The van der Waals surface area contributed by atoms with E-state index < -0.39 is 11.7 Å². The maximum absolute atomic E-state index is 12.6. The van der Waals surface area contributed by atoms with E-state index in [0.29, 0.717) is 10.2 Å². The van der Waals surface area contributed by atoms with Crippen molar-refractivity contribution in [2.45, 2.75) is 25.6 Å². The SMILES string of the molecule is CCC(Nc1ccc(C(F)(F)F)cc1Br)c1nccs1. The molecule has 0 radical (unpaired) electrons. The number of rotatable bonds is 4. The molecule has 2 aromatic rings. The van der Waals surface area contributed by atoms with Gasteiger partial charge in [0.25, 0.3) is 0 Å². The molecule has 108 valence electrons. The number of halogens is 4. The molecule has 1 heterocycles. The number of aromatic nitrogens is 1. The number of anilines is 1. The summed E-state index contributed by atoms with van der Waals surface area (Å²) in [5, 5.41) is 6.00. The zero-order chi connectivity index (χ0) is 14.8. The van der Waals surface area contributed by atoms with Gasteiger partial charge in [0, 0.05) is 21.7 Å². The van der Waals surface area contributed by atoms with Crippen molar-refractivity contribution in [3.63, 3.8) is 0 Å². The van der Waals surface area contributed by atoms with Gasteiger partial charge < -0.3 is 5.32 Å². The Labute approximate surface area is 127 Å². The van der Waals surface area contributed by atoms with Gasteiger partial charge in [-0.15, -0.1) is 11.3 Å². The van der Waals surface area contributed by atoms with E-state index in [9.17, 15) is 13.2 Å². The molecule has 1 unspecified atom stereocenters. The van der Waals surface area contributed by atoms with Gasteiger partial charge in [-0.2, -0.15) is 13.2 Å². The van der Waals surface area contributed by atoms with E-state index in [0.717, 1.165) is 23.6 Å². The highest BCUT2D eigenvalue weighted by Gasteiger charge is 2.31. The number of thiazole rings is 1. The lowest BCUT2D eigenvalue weighted by atomic mass is 10.1. The van der Waals surface area contributed by atoms with Crippen LogP contribution in [0.2, 0.25) is 0 Å². The Hall–Kier alpha value is -1.08. The van der Waals surface area contributed by atoms with Crippen LogP contribution in [0, 0.1) is 0 Å². The Morgan fingerprint density at radius 2 is 2.15 bits per heavy atom. The second-order valence-electron chi connectivity index (χ2n) is 4.17. The summed E-state index contributed by atoms with van der Waals surface area (Å²) >= 11 is 4.70. The third kappa shape index (κ3) is 3.52. The Bertz CT molecular complexity index is 569. The van der Waals surface area contributed by atoms with E-state index in [1.807, 2.05) is 12.3 Å². The molecule has 7 heteroatoms. The number of hydrogen-bond donors (Lipinski definition) is 1. The van der Waals surface area contributed by atoms with Crippen LogP contribution in [0.1, 0.15) is 30.0 Å². The third-order valence-electron chi connectivity index (χ3n) is 2.78. The molecule has 0 aliphatic heterocycles. The fraction of sp³-hybridized carbons (Fsp3) is 0.308. The van der Waals surface area contributed by atoms with Gasteiger partial charge >= 0.3 is 6.18 Å². The molecular formula is C13H12BrF3N2S. The van der Waals surface area contributed by atoms with Gasteiger partial charge in [-0.3, -0.25) is 0 Å². The van der Waals surface area contributed by atoms with Crippen molar-refractivity contribution < 1.29 is 13.2 Å². The lowest BCUT2D eigenvalue weighted by Crippen LogP contribution is -2.11. The number of alkyl halides is 3. The molecule has 0 saturated carbocycles. The molecule has 0 amide bonds. The highest BCUT2D eigenvalue weighted by molar-refractivity contribution is 9.10. The first-order chi connectivity index (χ1) is 9.41. The summed E-state index contributed by atoms with van der Waals surface area (Å²) in [6.45, 7) is 2.00. The second kappa shape index (κ2) is 6.13. The van der Waals surface area contributed by atoms with Crippen LogP contribution in [-0.4, -0.2) is 4.98 Å². The Morgan fingerprint density at radius 1 is 1.40 bits per heavy atom. The second-order valence-corrected chi connectivity index (χ2v) is 5.95. The van der Waals surface area contributed by atoms with E-state index in [2.05, 4.69) is 26.2 Å². The maximum atomic E-state index is 12.6. The fourth-order valence-electron chi connectivity index (χ4n) is 1.74. The Morgan fingerprint density at radius 3 is 2.65 bits per heavy atom. The van der Waals surface area contributed by atoms with Gasteiger partial charge in [-0.05, 0) is 40.5 Å². The predicted molar refractivity (Wildman–Crippen MR) is 77.9 cm³/mol. The molecule has 1 aromatic carbocycles. The van der Waals surface area contributed by atoms with Crippen LogP contribution in [0.15, 0.2) is 34.2 Å². The average molecular weight is 365 g/mol.